The zero-order valence-corrected chi connectivity index (χ0v) is 25.4. The predicted octanol–water partition coefficient (Wildman–Crippen LogP) is 7.66. The van der Waals surface area contributed by atoms with E-state index in [9.17, 15) is 0 Å². The van der Waals surface area contributed by atoms with Gasteiger partial charge in [-0.25, -0.2) is 0 Å². The van der Waals surface area contributed by atoms with Crippen molar-refractivity contribution in [2.45, 2.75) is 24.7 Å². The average Bonchev–Trinajstić information content (AvgIpc) is 3.07. The maximum atomic E-state index is 4.56. The zero-order chi connectivity index (χ0) is 27.7. The second-order valence-electron chi connectivity index (χ2n) is 9.72. The Morgan fingerprint density at radius 2 is 0.732 bits per heavy atom. The maximum absolute atomic E-state index is 4.56. The van der Waals surface area contributed by atoms with Gasteiger partial charge in [-0.3, -0.25) is 15.0 Å². The molecule has 6 aromatic rings. The molecule has 0 N–H and O–H groups in total. The number of benzene rings is 3. The molecular formula is C37H30IrN3. The first-order chi connectivity index (χ1) is 19.6. The van der Waals surface area contributed by atoms with Crippen molar-refractivity contribution < 1.29 is 20.1 Å². The van der Waals surface area contributed by atoms with Gasteiger partial charge in [0.05, 0.1) is 22.5 Å². The Morgan fingerprint density at radius 3 is 1.02 bits per heavy atom. The number of aromatic nitrogens is 3. The Balaban J connectivity index is 0.000000184. The molecule has 202 valence electrons. The fourth-order valence-electron chi connectivity index (χ4n) is 4.92. The monoisotopic (exact) mass is 709 g/mol. The van der Waals surface area contributed by atoms with E-state index >= 15 is 0 Å². The molecule has 0 atom stereocenters. The van der Waals surface area contributed by atoms with Crippen molar-refractivity contribution in [3.05, 3.63) is 198 Å². The molecule has 3 heterocycles. The van der Waals surface area contributed by atoms with Crippen LogP contribution in [0.2, 0.25) is 0 Å². The normalized spacial score (nSPS) is 11.0. The van der Waals surface area contributed by atoms with Crippen LogP contribution < -0.4 is 0 Å². The molecule has 0 amide bonds. The van der Waals surface area contributed by atoms with Gasteiger partial charge in [0.25, 0.3) is 0 Å². The topological polar surface area (TPSA) is 38.7 Å². The molecule has 3 nitrogen and oxygen atoms in total. The maximum Gasteiger partial charge on any atom is 3.00 e. The molecule has 0 unspecified atom stereocenters. The summed E-state index contributed by atoms with van der Waals surface area (Å²) in [4.78, 5) is 13.7. The van der Waals surface area contributed by atoms with Gasteiger partial charge in [-0.1, -0.05) is 18.2 Å². The summed E-state index contributed by atoms with van der Waals surface area (Å²) >= 11 is 0. The van der Waals surface area contributed by atoms with Crippen LogP contribution in [0.25, 0.3) is 0 Å². The molecule has 0 saturated carbocycles. The van der Waals surface area contributed by atoms with Gasteiger partial charge in [0.2, 0.25) is 0 Å². The zero-order valence-electron chi connectivity index (χ0n) is 23.0. The van der Waals surface area contributed by atoms with Crippen molar-refractivity contribution in [3.8, 4) is 0 Å². The first kappa shape index (κ1) is 29.7. The third-order valence-electron chi connectivity index (χ3n) is 7.27. The van der Waals surface area contributed by atoms with E-state index in [1.165, 1.54) is 0 Å². The van der Waals surface area contributed by atoms with E-state index in [2.05, 4.69) is 71.3 Å². The van der Waals surface area contributed by atoms with Crippen LogP contribution in [0, 0.1) is 18.2 Å². The average molecular weight is 709 g/mol. The van der Waals surface area contributed by atoms with Crippen LogP contribution in [0.1, 0.15) is 47.6 Å². The number of hydrogen-bond acceptors (Lipinski definition) is 3. The Bertz CT molecular complexity index is 1260. The second kappa shape index (κ2) is 13.9. The van der Waals surface area contributed by atoms with Crippen LogP contribution in [0.15, 0.2) is 146 Å². The van der Waals surface area contributed by atoms with Crippen LogP contribution in [0.4, 0.5) is 0 Å². The molecular weight excluding hydrogens is 679 g/mol. The standard InChI is InChI=1S/C19H15N.C18H15N2.Ir/c1-19(16-10-4-2-5-11-16,17-12-6-3-7-13-17)18-14-8-9-15-20-18;1-18(15-9-3-2-4-10-15,16-11-5-7-13-19-16)17-12-6-8-14-20-17;/h2-10,12,14-15H,1H3;2-9,11-14H,1H3;/q-2;-1;+3. The molecule has 41 heavy (non-hydrogen) atoms. The Hall–Kier alpha value is -4.24. The summed E-state index contributed by atoms with van der Waals surface area (Å²) in [6.07, 6.45) is 5.47. The molecule has 0 fully saturated rings. The molecule has 0 saturated heterocycles. The molecule has 4 heteroatoms. The summed E-state index contributed by atoms with van der Waals surface area (Å²) < 4.78 is 0. The molecule has 0 bridgehead atoms. The van der Waals surface area contributed by atoms with Gasteiger partial charge in [0.1, 0.15) is 0 Å². The van der Waals surface area contributed by atoms with Gasteiger partial charge in [0, 0.05) is 24.0 Å². The van der Waals surface area contributed by atoms with Crippen molar-refractivity contribution in [2.75, 3.05) is 0 Å². The van der Waals surface area contributed by atoms with Crippen molar-refractivity contribution in [1.82, 2.24) is 15.0 Å². The fraction of sp³-hybridized carbons (Fsp3) is 0.108. The second-order valence-corrected chi connectivity index (χ2v) is 9.72. The molecule has 6 rings (SSSR count). The summed E-state index contributed by atoms with van der Waals surface area (Å²) in [5.74, 6) is 0. The van der Waals surface area contributed by atoms with Crippen molar-refractivity contribution >= 4 is 0 Å². The third kappa shape index (κ3) is 6.41. The van der Waals surface area contributed by atoms with Crippen molar-refractivity contribution in [3.63, 3.8) is 0 Å². The van der Waals surface area contributed by atoms with E-state index in [-0.39, 0.29) is 25.5 Å². The first-order valence-corrected chi connectivity index (χ1v) is 13.3. The summed E-state index contributed by atoms with van der Waals surface area (Å²) in [6.45, 7) is 4.32. The van der Waals surface area contributed by atoms with Gasteiger partial charge >= 0.3 is 20.1 Å². The van der Waals surface area contributed by atoms with E-state index in [4.69, 9.17) is 0 Å². The van der Waals surface area contributed by atoms with E-state index in [1.807, 2.05) is 122 Å². The molecule has 0 radical (unpaired) electrons. The number of rotatable bonds is 6. The molecule has 0 spiro atoms. The van der Waals surface area contributed by atoms with E-state index in [0.717, 1.165) is 33.8 Å². The summed E-state index contributed by atoms with van der Waals surface area (Å²) in [7, 11) is 0. The summed E-state index contributed by atoms with van der Waals surface area (Å²) in [5, 5.41) is 0. The van der Waals surface area contributed by atoms with Crippen LogP contribution in [0.3, 0.4) is 0 Å². The van der Waals surface area contributed by atoms with Gasteiger partial charge in [-0.2, -0.15) is 91.0 Å². The van der Waals surface area contributed by atoms with Gasteiger partial charge < -0.3 is 0 Å². The van der Waals surface area contributed by atoms with Crippen LogP contribution >= 0.6 is 0 Å². The number of pyridine rings is 3. The van der Waals surface area contributed by atoms with Crippen LogP contribution in [-0.4, -0.2) is 15.0 Å². The summed E-state index contributed by atoms with van der Waals surface area (Å²) in [6, 6.07) is 52.1. The smallest absolute Gasteiger partial charge is 0.260 e. The Labute approximate surface area is 256 Å². The molecule has 3 aromatic heterocycles. The van der Waals surface area contributed by atoms with Crippen LogP contribution in [0.5, 0.6) is 0 Å². The van der Waals surface area contributed by atoms with Crippen molar-refractivity contribution in [1.29, 1.82) is 0 Å². The van der Waals surface area contributed by atoms with Gasteiger partial charge in [0.15, 0.2) is 0 Å². The fourth-order valence-corrected chi connectivity index (χ4v) is 4.92. The minimum absolute atomic E-state index is 0. The third-order valence-corrected chi connectivity index (χ3v) is 7.27. The Kier molecular flexibility index (Phi) is 10.1. The van der Waals surface area contributed by atoms with Gasteiger partial charge in [-0.05, 0) is 50.2 Å². The molecule has 0 aliphatic rings. The van der Waals surface area contributed by atoms with Crippen LogP contribution in [-0.2, 0) is 30.9 Å². The first-order valence-electron chi connectivity index (χ1n) is 13.3. The molecule has 0 aliphatic carbocycles. The minimum atomic E-state index is -0.399. The molecule has 3 aromatic carbocycles. The van der Waals surface area contributed by atoms with Gasteiger partial charge in [-0.15, -0.1) is 16.7 Å². The predicted molar refractivity (Wildman–Crippen MR) is 160 cm³/mol. The quantitative estimate of drug-likeness (QED) is 0.167. The minimum Gasteiger partial charge on any atom is -0.260 e. The van der Waals surface area contributed by atoms with Crippen molar-refractivity contribution in [2.24, 2.45) is 0 Å². The molecule has 0 aliphatic heterocycles. The number of nitrogens with zero attached hydrogens (tertiary/aromatic N) is 3. The van der Waals surface area contributed by atoms with E-state index < -0.39 is 5.41 Å². The largest absolute Gasteiger partial charge is 3.00 e. The van der Waals surface area contributed by atoms with E-state index in [0.29, 0.717) is 0 Å². The Morgan fingerprint density at radius 1 is 0.415 bits per heavy atom. The van der Waals surface area contributed by atoms with E-state index in [1.54, 1.807) is 0 Å². The number of hydrogen-bond donors (Lipinski definition) is 0. The summed E-state index contributed by atoms with van der Waals surface area (Å²) in [5.41, 5.74) is 5.47. The SMILES string of the molecule is CC(c1[c-]cccc1)(c1[c-]cccc1)c1ccccn1.CC(c1[c-]cccc1)(c1ccccn1)c1ccccn1.[Ir+3].